The largest absolute Gasteiger partial charge is 0.471 e. The Morgan fingerprint density at radius 3 is 2.40 bits per heavy atom. The Morgan fingerprint density at radius 1 is 0.895 bits per heavy atom. The van der Waals surface area contributed by atoms with Gasteiger partial charge in [0.2, 0.25) is 17.7 Å². The molecule has 0 spiro atoms. The summed E-state index contributed by atoms with van der Waals surface area (Å²) in [6.45, 7) is -0.0273. The van der Waals surface area contributed by atoms with Crippen molar-refractivity contribution in [3.63, 3.8) is 0 Å². The summed E-state index contributed by atoms with van der Waals surface area (Å²) in [6.07, 6.45) is 9.05. The van der Waals surface area contributed by atoms with Gasteiger partial charge in [0.25, 0.3) is 15.9 Å². The lowest BCUT2D eigenvalue weighted by Crippen LogP contribution is -2.58. The third kappa shape index (κ3) is 8.55. The molecular formula is C40H44N6O8S3. The lowest BCUT2D eigenvalue weighted by Gasteiger charge is -2.30. The standard InChI is InChI=1S/C40H44N6O8S3/c47-35-31-22-27(53-36-34(32-18-10-20-55-32)41-28-15-8-9-16-29(28)42-36)24-46(31)37(48)30(43-39(50)54-26-13-6-7-14-26)17-5-3-1-2-4-12-25-23-40(25,44-35)38(49)45-57(51,52)33-19-11-21-56-33/h4,8-12,15-16,18-21,25-27,30-31H,1-3,5-7,13-14,17,22-24H2,(H,43,50)(H,44,47)(H,45,49)/b12-4-/t25?,27-,30+,31+,40-/m1/s1. The first-order valence-corrected chi connectivity index (χ1v) is 22.7. The molecular weight excluding hydrogens is 789 g/mol. The van der Waals surface area contributed by atoms with Crippen molar-refractivity contribution >= 4 is 67.5 Å². The number of alkyl carbamates (subject to hydrolysis) is 1. The van der Waals surface area contributed by atoms with Gasteiger partial charge in [-0.3, -0.25) is 14.4 Å². The molecule has 4 aliphatic rings. The molecule has 3 aromatic heterocycles. The SMILES string of the molecule is O=C(N[C@H]1CCCCC/C=C\C2C[C@@]2(C(=O)NS(=O)(=O)c2cccs2)NC(=O)[C@@H]2C[C@@H](Oc3nc4ccccc4nc3-c3cccs3)CN2C1=O)OC1CCCC1. The van der Waals surface area contributed by atoms with E-state index < -0.39 is 63.5 Å². The van der Waals surface area contributed by atoms with E-state index in [0.717, 1.165) is 54.7 Å². The first-order valence-electron chi connectivity index (χ1n) is 19.4. The molecule has 5 heterocycles. The van der Waals surface area contributed by atoms with Crippen molar-refractivity contribution in [3.05, 3.63) is 71.4 Å². The Morgan fingerprint density at radius 2 is 1.65 bits per heavy atom. The highest BCUT2D eigenvalue weighted by atomic mass is 32.2. The molecule has 0 bridgehead atoms. The molecule has 17 heteroatoms. The fraction of sp³-hybridized carbons (Fsp3) is 0.450. The monoisotopic (exact) mass is 832 g/mol. The number of amides is 4. The summed E-state index contributed by atoms with van der Waals surface area (Å²) in [4.78, 5) is 68.2. The van der Waals surface area contributed by atoms with E-state index in [-0.39, 0.29) is 35.6 Å². The highest BCUT2D eigenvalue weighted by Gasteiger charge is 2.61. The number of thiophene rings is 2. The maximum atomic E-state index is 14.7. The smallest absolute Gasteiger partial charge is 0.408 e. The number of allylic oxidation sites excluding steroid dienone is 1. The molecule has 14 nitrogen and oxygen atoms in total. The molecule has 2 saturated carbocycles. The second-order valence-corrected chi connectivity index (χ2v) is 18.8. The third-order valence-corrected chi connectivity index (χ3v) is 14.7. The van der Waals surface area contributed by atoms with Crippen molar-refractivity contribution in [1.29, 1.82) is 0 Å². The fourth-order valence-electron chi connectivity index (χ4n) is 7.98. The Kier molecular flexibility index (Phi) is 11.3. The lowest BCUT2D eigenvalue weighted by molar-refractivity contribution is -0.141. The van der Waals surface area contributed by atoms with Crippen LogP contribution in [0.4, 0.5) is 4.79 Å². The zero-order chi connectivity index (χ0) is 39.6. The molecule has 0 radical (unpaired) electrons. The van der Waals surface area contributed by atoms with Crippen LogP contribution in [0.5, 0.6) is 5.88 Å². The minimum absolute atomic E-state index is 0.0273. The van der Waals surface area contributed by atoms with Gasteiger partial charge >= 0.3 is 6.09 Å². The quantitative estimate of drug-likeness (QED) is 0.186. The van der Waals surface area contributed by atoms with Crippen LogP contribution in [0.15, 0.2) is 75.7 Å². The summed E-state index contributed by atoms with van der Waals surface area (Å²) in [5.41, 5.74) is 0.245. The number of ether oxygens (including phenoxy) is 2. The topological polar surface area (TPSA) is 186 Å². The average Bonchev–Trinajstić information content (AvgIpc) is 3.89. The molecule has 8 rings (SSSR count). The van der Waals surface area contributed by atoms with Crippen molar-refractivity contribution in [1.82, 2.24) is 30.2 Å². The molecule has 300 valence electrons. The van der Waals surface area contributed by atoms with Crippen LogP contribution in [0.2, 0.25) is 0 Å². The van der Waals surface area contributed by atoms with Gasteiger partial charge < -0.3 is 25.0 Å². The minimum atomic E-state index is -4.20. The van der Waals surface area contributed by atoms with E-state index in [2.05, 4.69) is 15.4 Å². The van der Waals surface area contributed by atoms with Crippen LogP contribution in [0.25, 0.3) is 21.6 Å². The van der Waals surface area contributed by atoms with Crippen molar-refractivity contribution in [3.8, 4) is 16.5 Å². The number of nitrogens with one attached hydrogen (secondary N) is 3. The van der Waals surface area contributed by atoms with Gasteiger partial charge in [-0.25, -0.2) is 27.9 Å². The van der Waals surface area contributed by atoms with Gasteiger partial charge in [-0.2, -0.15) is 0 Å². The van der Waals surface area contributed by atoms with E-state index in [1.807, 2.05) is 53.9 Å². The Balaban J connectivity index is 1.11. The lowest BCUT2D eigenvalue weighted by atomic mass is 10.0. The van der Waals surface area contributed by atoms with Gasteiger partial charge in [-0.05, 0) is 86.4 Å². The number of nitrogens with zero attached hydrogens (tertiary/aromatic N) is 3. The summed E-state index contributed by atoms with van der Waals surface area (Å²) >= 11 is 2.45. The van der Waals surface area contributed by atoms with Gasteiger partial charge in [-0.1, -0.05) is 49.3 Å². The zero-order valence-electron chi connectivity index (χ0n) is 31.1. The van der Waals surface area contributed by atoms with E-state index in [0.29, 0.717) is 36.0 Å². The number of hydrogen-bond donors (Lipinski definition) is 3. The first-order chi connectivity index (χ1) is 27.6. The van der Waals surface area contributed by atoms with Crippen LogP contribution < -0.4 is 20.1 Å². The summed E-state index contributed by atoms with van der Waals surface area (Å²) in [7, 11) is -4.20. The van der Waals surface area contributed by atoms with E-state index in [1.54, 1.807) is 11.4 Å². The number of rotatable bonds is 8. The van der Waals surface area contributed by atoms with Crippen molar-refractivity contribution in [2.45, 2.75) is 105 Å². The van der Waals surface area contributed by atoms with E-state index in [1.165, 1.54) is 22.3 Å². The maximum Gasteiger partial charge on any atom is 0.408 e. The van der Waals surface area contributed by atoms with Gasteiger partial charge in [0.15, 0.2) is 0 Å². The molecule has 1 saturated heterocycles. The van der Waals surface area contributed by atoms with Gasteiger partial charge in [0, 0.05) is 12.3 Å². The van der Waals surface area contributed by atoms with Crippen LogP contribution in [0.1, 0.15) is 70.6 Å². The Bertz CT molecular complexity index is 2260. The van der Waals surface area contributed by atoms with E-state index in [4.69, 9.17) is 19.4 Å². The summed E-state index contributed by atoms with van der Waals surface area (Å²) < 4.78 is 40.8. The predicted octanol–water partition coefficient (Wildman–Crippen LogP) is 5.71. The fourth-order valence-corrected chi connectivity index (χ4v) is 10.7. The first kappa shape index (κ1) is 39.0. The van der Waals surface area contributed by atoms with Crippen molar-refractivity contribution in [2.75, 3.05) is 6.54 Å². The number of carbonyl (C=O) groups excluding carboxylic acids is 4. The number of benzene rings is 1. The Labute approximate surface area is 338 Å². The molecule has 3 fully saturated rings. The average molecular weight is 833 g/mol. The van der Waals surface area contributed by atoms with E-state index in [9.17, 15) is 27.6 Å². The third-order valence-electron chi connectivity index (χ3n) is 11.1. The molecule has 57 heavy (non-hydrogen) atoms. The van der Waals surface area contributed by atoms with Gasteiger partial charge in [0.1, 0.15) is 39.7 Å². The van der Waals surface area contributed by atoms with Crippen LogP contribution >= 0.6 is 22.7 Å². The Hall–Kier alpha value is -4.87. The van der Waals surface area contributed by atoms with Crippen molar-refractivity contribution < 1.29 is 37.1 Å². The normalized spacial score (nSPS) is 26.4. The number of hydrogen-bond acceptors (Lipinski definition) is 12. The molecule has 5 atom stereocenters. The molecule has 2 aliphatic heterocycles. The molecule has 3 N–H and O–H groups in total. The molecule has 4 aromatic rings. The summed E-state index contributed by atoms with van der Waals surface area (Å²) in [5.74, 6) is -2.20. The molecule has 4 amide bonds. The zero-order valence-corrected chi connectivity index (χ0v) is 33.6. The van der Waals surface area contributed by atoms with E-state index >= 15 is 0 Å². The molecule has 1 aromatic carbocycles. The number of sulfonamides is 1. The van der Waals surface area contributed by atoms with Gasteiger partial charge in [0.05, 0.1) is 22.5 Å². The van der Waals surface area contributed by atoms with Crippen LogP contribution in [-0.4, -0.2) is 83.5 Å². The molecule has 2 aliphatic carbocycles. The number of aromatic nitrogens is 2. The number of para-hydroxylation sites is 2. The highest BCUT2D eigenvalue weighted by molar-refractivity contribution is 7.92. The number of fused-ring (bicyclic) bond motifs is 3. The van der Waals surface area contributed by atoms with Crippen LogP contribution in [0.3, 0.4) is 0 Å². The van der Waals surface area contributed by atoms with Crippen molar-refractivity contribution in [2.24, 2.45) is 5.92 Å². The van der Waals surface area contributed by atoms with Crippen LogP contribution in [-0.2, 0) is 29.1 Å². The second-order valence-electron chi connectivity index (χ2n) is 15.0. The van der Waals surface area contributed by atoms with Crippen LogP contribution in [0, 0.1) is 5.92 Å². The van der Waals surface area contributed by atoms with Gasteiger partial charge in [-0.15, -0.1) is 22.7 Å². The summed E-state index contributed by atoms with van der Waals surface area (Å²) in [6, 6.07) is 12.1. The predicted molar refractivity (Wildman–Crippen MR) is 214 cm³/mol. The maximum absolute atomic E-state index is 14.7. The highest BCUT2D eigenvalue weighted by Crippen LogP contribution is 2.46. The summed E-state index contributed by atoms with van der Waals surface area (Å²) in [5, 5.41) is 9.23. The second kappa shape index (κ2) is 16.5. The molecule has 1 unspecified atom stereocenters. The number of carbonyl (C=O) groups is 4. The minimum Gasteiger partial charge on any atom is -0.471 e.